The highest BCUT2D eigenvalue weighted by Crippen LogP contribution is 2.12. The molecule has 0 aliphatic carbocycles. The molecule has 1 aromatic heterocycles. The van der Waals surface area contributed by atoms with Crippen LogP contribution >= 0.6 is 0 Å². The summed E-state index contributed by atoms with van der Waals surface area (Å²) in [5.74, 6) is 0.200. The molecule has 6 nitrogen and oxygen atoms in total. The lowest BCUT2D eigenvalue weighted by Gasteiger charge is -2.22. The molecule has 16 heavy (non-hydrogen) atoms. The predicted octanol–water partition coefficient (Wildman–Crippen LogP) is 0.177. The number of oxazole rings is 1. The van der Waals surface area contributed by atoms with Gasteiger partial charge in [0.1, 0.15) is 5.76 Å². The topological polar surface area (TPSA) is 72.6 Å². The number of hydrogen-bond acceptors (Lipinski definition) is 6. The molecule has 1 aromatic rings. The third kappa shape index (κ3) is 2.27. The van der Waals surface area contributed by atoms with Gasteiger partial charge in [0.2, 0.25) is 5.89 Å². The van der Waals surface area contributed by atoms with Gasteiger partial charge in [0, 0.05) is 0 Å². The molecule has 86 valence electrons. The van der Waals surface area contributed by atoms with Crippen LogP contribution in [-0.2, 0) is 20.9 Å². The second-order valence-electron chi connectivity index (χ2n) is 3.74. The van der Waals surface area contributed by atoms with Crippen molar-refractivity contribution in [1.29, 1.82) is 0 Å². The predicted molar refractivity (Wildman–Crippen MR) is 52.4 cm³/mol. The monoisotopic (exact) mass is 224 g/mol. The van der Waals surface area contributed by atoms with Crippen LogP contribution in [-0.4, -0.2) is 34.9 Å². The largest absolute Gasteiger partial charge is 0.444 e. The van der Waals surface area contributed by atoms with E-state index in [1.54, 1.807) is 4.90 Å². The first-order valence-corrected chi connectivity index (χ1v) is 4.93. The van der Waals surface area contributed by atoms with Crippen molar-refractivity contribution < 1.29 is 18.7 Å². The number of hydrogen-bond donors (Lipinski definition) is 0. The van der Waals surface area contributed by atoms with Crippen LogP contribution in [0.3, 0.4) is 0 Å². The minimum atomic E-state index is -0.531. The Balaban J connectivity index is 2.04. The number of esters is 2. The van der Waals surface area contributed by atoms with E-state index in [1.165, 1.54) is 0 Å². The maximum Gasteiger partial charge on any atom is 0.327 e. The van der Waals surface area contributed by atoms with Gasteiger partial charge >= 0.3 is 11.9 Å². The van der Waals surface area contributed by atoms with Crippen LogP contribution in [0.4, 0.5) is 0 Å². The van der Waals surface area contributed by atoms with Crippen LogP contribution in [0.25, 0.3) is 0 Å². The van der Waals surface area contributed by atoms with Gasteiger partial charge in [0.15, 0.2) is 0 Å². The Kier molecular flexibility index (Phi) is 2.74. The molecular formula is C10H12N2O4. The van der Waals surface area contributed by atoms with Crippen LogP contribution in [0, 0.1) is 13.8 Å². The quantitative estimate of drug-likeness (QED) is 0.527. The second kappa shape index (κ2) is 4.05. The fraction of sp³-hybridized carbons (Fsp3) is 0.500. The number of carbonyl (C=O) groups excluding carboxylic acids is 2. The minimum absolute atomic E-state index is 0.0895. The Labute approximate surface area is 92.2 Å². The number of morpholine rings is 1. The van der Waals surface area contributed by atoms with E-state index in [0.717, 1.165) is 11.5 Å². The van der Waals surface area contributed by atoms with E-state index < -0.39 is 11.9 Å². The zero-order chi connectivity index (χ0) is 11.7. The summed E-state index contributed by atoms with van der Waals surface area (Å²) in [6.45, 7) is 4.19. The van der Waals surface area contributed by atoms with Crippen molar-refractivity contribution in [2.45, 2.75) is 20.4 Å². The Hall–Kier alpha value is -1.69. The smallest absolute Gasteiger partial charge is 0.327 e. The van der Waals surface area contributed by atoms with Gasteiger partial charge in [0.05, 0.1) is 25.3 Å². The van der Waals surface area contributed by atoms with Crippen molar-refractivity contribution in [2.24, 2.45) is 0 Å². The van der Waals surface area contributed by atoms with Crippen molar-refractivity contribution in [3.8, 4) is 0 Å². The summed E-state index contributed by atoms with van der Waals surface area (Å²) >= 11 is 0. The average molecular weight is 224 g/mol. The van der Waals surface area contributed by atoms with E-state index in [1.807, 2.05) is 13.8 Å². The summed E-state index contributed by atoms with van der Waals surface area (Å²) in [7, 11) is 0. The van der Waals surface area contributed by atoms with Crippen molar-refractivity contribution >= 4 is 11.9 Å². The number of cyclic esters (lactones) is 2. The van der Waals surface area contributed by atoms with Crippen LogP contribution in [0.2, 0.25) is 0 Å². The highest BCUT2D eigenvalue weighted by atomic mass is 16.6. The maximum absolute atomic E-state index is 11.0. The van der Waals surface area contributed by atoms with Crippen molar-refractivity contribution in [3.05, 3.63) is 17.3 Å². The molecule has 0 atom stereocenters. The zero-order valence-electron chi connectivity index (χ0n) is 9.15. The molecule has 6 heteroatoms. The molecule has 0 bridgehead atoms. The van der Waals surface area contributed by atoms with Gasteiger partial charge in [-0.25, -0.2) is 4.98 Å². The van der Waals surface area contributed by atoms with E-state index in [-0.39, 0.29) is 13.1 Å². The lowest BCUT2D eigenvalue weighted by atomic mass is 10.4. The number of nitrogens with zero attached hydrogens (tertiary/aromatic N) is 2. The van der Waals surface area contributed by atoms with Gasteiger partial charge in [-0.05, 0) is 13.8 Å². The summed E-state index contributed by atoms with van der Waals surface area (Å²) < 4.78 is 9.78. The van der Waals surface area contributed by atoms with Crippen LogP contribution in [0.15, 0.2) is 4.42 Å². The van der Waals surface area contributed by atoms with Crippen molar-refractivity contribution in [2.75, 3.05) is 13.1 Å². The van der Waals surface area contributed by atoms with Gasteiger partial charge < -0.3 is 9.15 Å². The fourth-order valence-electron chi connectivity index (χ4n) is 1.52. The molecule has 1 aliphatic rings. The molecule has 0 unspecified atom stereocenters. The molecule has 0 radical (unpaired) electrons. The molecule has 1 aliphatic heterocycles. The molecule has 2 heterocycles. The van der Waals surface area contributed by atoms with E-state index >= 15 is 0 Å². The first-order valence-electron chi connectivity index (χ1n) is 4.93. The molecule has 0 amide bonds. The number of carbonyl (C=O) groups is 2. The normalized spacial score (nSPS) is 17.6. The summed E-state index contributed by atoms with van der Waals surface area (Å²) in [6.07, 6.45) is 0. The van der Waals surface area contributed by atoms with Gasteiger partial charge in [-0.15, -0.1) is 0 Å². The Morgan fingerprint density at radius 2 is 1.88 bits per heavy atom. The molecule has 0 N–H and O–H groups in total. The van der Waals surface area contributed by atoms with Gasteiger partial charge in [-0.3, -0.25) is 14.5 Å². The number of ether oxygens (including phenoxy) is 1. The van der Waals surface area contributed by atoms with Gasteiger partial charge in [-0.1, -0.05) is 0 Å². The third-order valence-electron chi connectivity index (χ3n) is 2.36. The first-order chi connectivity index (χ1) is 7.54. The van der Waals surface area contributed by atoms with E-state index in [0.29, 0.717) is 12.4 Å². The molecule has 0 saturated carbocycles. The molecule has 1 saturated heterocycles. The summed E-state index contributed by atoms with van der Waals surface area (Å²) in [5.41, 5.74) is 0.820. The van der Waals surface area contributed by atoms with Crippen LogP contribution in [0.5, 0.6) is 0 Å². The zero-order valence-corrected chi connectivity index (χ0v) is 9.15. The number of rotatable bonds is 2. The Morgan fingerprint density at radius 3 is 2.38 bits per heavy atom. The lowest BCUT2D eigenvalue weighted by molar-refractivity contribution is -0.167. The number of aryl methyl sites for hydroxylation is 2. The van der Waals surface area contributed by atoms with Crippen LogP contribution < -0.4 is 0 Å². The molecule has 2 rings (SSSR count). The summed E-state index contributed by atoms with van der Waals surface area (Å²) in [4.78, 5) is 27.8. The SMILES string of the molecule is Cc1nc(CN2CC(=O)OC(=O)C2)oc1C. The van der Waals surface area contributed by atoms with E-state index in [9.17, 15) is 9.59 Å². The lowest BCUT2D eigenvalue weighted by Crippen LogP contribution is -2.42. The second-order valence-corrected chi connectivity index (χ2v) is 3.74. The Bertz CT molecular complexity index is 403. The third-order valence-corrected chi connectivity index (χ3v) is 2.36. The standard InChI is InChI=1S/C10H12N2O4/c1-6-7(2)15-8(11-6)3-12-4-9(13)16-10(14)5-12/h3-5H2,1-2H3. The molecule has 1 fully saturated rings. The average Bonchev–Trinajstić information content (AvgIpc) is 2.43. The van der Waals surface area contributed by atoms with Crippen molar-refractivity contribution in [1.82, 2.24) is 9.88 Å². The first kappa shape index (κ1) is 10.8. The number of aromatic nitrogens is 1. The highest BCUT2D eigenvalue weighted by Gasteiger charge is 2.25. The summed E-state index contributed by atoms with van der Waals surface area (Å²) in [6, 6.07) is 0. The minimum Gasteiger partial charge on any atom is -0.444 e. The highest BCUT2D eigenvalue weighted by molar-refractivity contribution is 5.90. The van der Waals surface area contributed by atoms with Crippen molar-refractivity contribution in [3.63, 3.8) is 0 Å². The maximum atomic E-state index is 11.0. The van der Waals surface area contributed by atoms with Gasteiger partial charge in [0.25, 0.3) is 0 Å². The molecule has 0 spiro atoms. The van der Waals surface area contributed by atoms with Crippen LogP contribution in [0.1, 0.15) is 17.3 Å². The molecule has 0 aromatic carbocycles. The van der Waals surface area contributed by atoms with E-state index in [4.69, 9.17) is 4.42 Å². The summed E-state index contributed by atoms with van der Waals surface area (Å²) in [5, 5.41) is 0. The molecular weight excluding hydrogens is 212 g/mol. The van der Waals surface area contributed by atoms with E-state index in [2.05, 4.69) is 9.72 Å². The Morgan fingerprint density at radius 1 is 1.25 bits per heavy atom. The van der Waals surface area contributed by atoms with Gasteiger partial charge in [-0.2, -0.15) is 0 Å². The fourth-order valence-corrected chi connectivity index (χ4v) is 1.52.